The van der Waals surface area contributed by atoms with Crippen LogP contribution in [0.1, 0.15) is 57.6 Å². The number of hydrogen-bond donors (Lipinski definition) is 0. The van der Waals surface area contributed by atoms with Gasteiger partial charge in [-0.15, -0.1) is 0 Å². The van der Waals surface area contributed by atoms with Gasteiger partial charge in [0.2, 0.25) is 0 Å². The highest BCUT2D eigenvalue weighted by Gasteiger charge is 2.08. The lowest BCUT2D eigenvalue weighted by Gasteiger charge is -2.12. The van der Waals surface area contributed by atoms with Crippen molar-refractivity contribution in [3.63, 3.8) is 0 Å². The van der Waals surface area contributed by atoms with Crippen LogP contribution >= 0.6 is 0 Å². The first-order valence-electron chi connectivity index (χ1n) is 7.08. The van der Waals surface area contributed by atoms with E-state index in [0.717, 1.165) is 17.5 Å². The van der Waals surface area contributed by atoms with Gasteiger partial charge in [0.25, 0.3) is 0 Å². The summed E-state index contributed by atoms with van der Waals surface area (Å²) in [6.45, 7) is 6.38. The average Bonchev–Trinajstić information content (AvgIpc) is 2.33. The summed E-state index contributed by atoms with van der Waals surface area (Å²) < 4.78 is 13.9. The minimum absolute atomic E-state index is 0.0621. The molecule has 0 aliphatic carbocycles. The Hall–Kier alpha value is -1.11. The Balaban J connectivity index is 2.56. The van der Waals surface area contributed by atoms with Gasteiger partial charge in [0, 0.05) is 0 Å². The molecule has 1 aromatic carbocycles. The lowest BCUT2D eigenvalue weighted by atomic mass is 9.94. The fraction of sp³-hybridized carbons (Fsp3) is 0.529. The zero-order valence-electron chi connectivity index (χ0n) is 11.9. The van der Waals surface area contributed by atoms with Gasteiger partial charge >= 0.3 is 0 Å². The van der Waals surface area contributed by atoms with Gasteiger partial charge in [0.05, 0.1) is 0 Å². The molecular weight excluding hydrogens is 223 g/mol. The van der Waals surface area contributed by atoms with E-state index in [9.17, 15) is 4.39 Å². The molecule has 0 N–H and O–H groups in total. The smallest absolute Gasteiger partial charge is 0.127 e. The first-order chi connectivity index (χ1) is 8.67. The summed E-state index contributed by atoms with van der Waals surface area (Å²) >= 11 is 0. The maximum Gasteiger partial charge on any atom is 0.127 e. The van der Waals surface area contributed by atoms with Gasteiger partial charge in [-0.25, -0.2) is 4.39 Å². The SMILES string of the molecule is C/C=C/c1ccc(CC(C)CCCCC)c(F)c1. The molecule has 1 unspecified atom stereocenters. The van der Waals surface area contributed by atoms with Crippen LogP contribution in [0.5, 0.6) is 0 Å². The van der Waals surface area contributed by atoms with E-state index in [-0.39, 0.29) is 5.82 Å². The van der Waals surface area contributed by atoms with Crippen molar-refractivity contribution in [1.29, 1.82) is 0 Å². The summed E-state index contributed by atoms with van der Waals surface area (Å²) in [5.74, 6) is 0.506. The van der Waals surface area contributed by atoms with E-state index >= 15 is 0 Å². The Labute approximate surface area is 111 Å². The highest BCUT2D eigenvalue weighted by Crippen LogP contribution is 2.19. The van der Waals surface area contributed by atoms with Crippen molar-refractivity contribution in [3.8, 4) is 0 Å². The van der Waals surface area contributed by atoms with Crippen LogP contribution in [0.2, 0.25) is 0 Å². The molecule has 0 bridgehead atoms. The molecule has 1 aromatic rings. The Morgan fingerprint density at radius 1 is 1.28 bits per heavy atom. The molecule has 0 saturated carbocycles. The largest absolute Gasteiger partial charge is 0.207 e. The van der Waals surface area contributed by atoms with Crippen LogP contribution in [0.3, 0.4) is 0 Å². The number of hydrogen-bond acceptors (Lipinski definition) is 0. The van der Waals surface area contributed by atoms with E-state index in [1.807, 2.05) is 31.2 Å². The average molecular weight is 248 g/mol. The summed E-state index contributed by atoms with van der Waals surface area (Å²) in [6.07, 6.45) is 9.71. The van der Waals surface area contributed by atoms with Crippen LogP contribution in [0, 0.1) is 11.7 Å². The van der Waals surface area contributed by atoms with Crippen LogP contribution in [0.25, 0.3) is 6.08 Å². The molecule has 1 atom stereocenters. The predicted molar refractivity (Wildman–Crippen MR) is 78.1 cm³/mol. The van der Waals surface area contributed by atoms with Crippen LogP contribution in [-0.2, 0) is 6.42 Å². The number of allylic oxidation sites excluding steroid dienone is 1. The Morgan fingerprint density at radius 3 is 2.67 bits per heavy atom. The van der Waals surface area contributed by atoms with Gasteiger partial charge in [-0.1, -0.05) is 63.8 Å². The molecular formula is C17H25F. The molecule has 0 spiro atoms. The molecule has 0 heterocycles. The summed E-state index contributed by atoms with van der Waals surface area (Å²) in [7, 11) is 0. The second-order valence-electron chi connectivity index (χ2n) is 5.16. The van der Waals surface area contributed by atoms with Gasteiger partial charge in [-0.3, -0.25) is 0 Å². The topological polar surface area (TPSA) is 0 Å². The molecule has 0 amide bonds. The van der Waals surface area contributed by atoms with Crippen molar-refractivity contribution in [3.05, 3.63) is 41.2 Å². The highest BCUT2D eigenvalue weighted by molar-refractivity contribution is 5.49. The maximum absolute atomic E-state index is 13.9. The Kier molecular flexibility index (Phi) is 6.70. The first-order valence-corrected chi connectivity index (χ1v) is 7.08. The standard InChI is InChI=1S/C17H25F/c1-4-6-7-9-14(3)12-16-11-10-15(8-5-2)13-17(16)18/h5,8,10-11,13-14H,4,6-7,9,12H2,1-3H3/b8-5+. The van der Waals surface area contributed by atoms with Crippen molar-refractivity contribution in [2.45, 2.75) is 52.9 Å². The monoisotopic (exact) mass is 248 g/mol. The highest BCUT2D eigenvalue weighted by atomic mass is 19.1. The second-order valence-corrected chi connectivity index (χ2v) is 5.16. The maximum atomic E-state index is 13.9. The predicted octanol–water partition coefficient (Wildman–Crippen LogP) is 5.62. The Bertz CT molecular complexity index is 379. The van der Waals surface area contributed by atoms with E-state index in [0.29, 0.717) is 5.92 Å². The summed E-state index contributed by atoms with van der Waals surface area (Å²) in [5.41, 5.74) is 1.80. The third kappa shape index (κ3) is 5.03. The minimum Gasteiger partial charge on any atom is -0.207 e. The van der Waals surface area contributed by atoms with E-state index in [1.165, 1.54) is 25.7 Å². The first kappa shape index (κ1) is 14.9. The van der Waals surface area contributed by atoms with Crippen LogP contribution < -0.4 is 0 Å². The quantitative estimate of drug-likeness (QED) is 0.549. The van der Waals surface area contributed by atoms with Gasteiger partial charge in [0.15, 0.2) is 0 Å². The molecule has 0 aliphatic heterocycles. The fourth-order valence-corrected chi connectivity index (χ4v) is 2.25. The van der Waals surface area contributed by atoms with Gasteiger partial charge in [-0.05, 0) is 36.5 Å². The molecule has 0 radical (unpaired) electrons. The van der Waals surface area contributed by atoms with E-state index in [2.05, 4.69) is 13.8 Å². The van der Waals surface area contributed by atoms with E-state index in [1.54, 1.807) is 6.07 Å². The van der Waals surface area contributed by atoms with E-state index < -0.39 is 0 Å². The second kappa shape index (κ2) is 8.07. The van der Waals surface area contributed by atoms with Gasteiger partial charge < -0.3 is 0 Å². The van der Waals surface area contributed by atoms with Crippen molar-refractivity contribution < 1.29 is 4.39 Å². The number of unbranched alkanes of at least 4 members (excludes halogenated alkanes) is 2. The van der Waals surface area contributed by atoms with Crippen LogP contribution in [0.15, 0.2) is 24.3 Å². The minimum atomic E-state index is -0.0621. The summed E-state index contributed by atoms with van der Waals surface area (Å²) in [6, 6.07) is 5.56. The molecule has 18 heavy (non-hydrogen) atoms. The van der Waals surface area contributed by atoms with Crippen LogP contribution in [-0.4, -0.2) is 0 Å². The third-order valence-electron chi connectivity index (χ3n) is 3.31. The fourth-order valence-electron chi connectivity index (χ4n) is 2.25. The van der Waals surface area contributed by atoms with Gasteiger partial charge in [0.1, 0.15) is 5.82 Å². The lowest BCUT2D eigenvalue weighted by molar-refractivity contribution is 0.481. The number of rotatable bonds is 7. The summed E-state index contributed by atoms with van der Waals surface area (Å²) in [5, 5.41) is 0. The van der Waals surface area contributed by atoms with Crippen molar-refractivity contribution >= 4 is 6.08 Å². The zero-order chi connectivity index (χ0) is 13.4. The van der Waals surface area contributed by atoms with Crippen molar-refractivity contribution in [2.75, 3.05) is 0 Å². The van der Waals surface area contributed by atoms with Crippen LogP contribution in [0.4, 0.5) is 4.39 Å². The van der Waals surface area contributed by atoms with Crippen molar-refractivity contribution in [1.82, 2.24) is 0 Å². The third-order valence-corrected chi connectivity index (χ3v) is 3.31. The molecule has 0 saturated heterocycles. The molecule has 100 valence electrons. The molecule has 0 nitrogen and oxygen atoms in total. The lowest BCUT2D eigenvalue weighted by Crippen LogP contribution is -2.02. The molecule has 1 rings (SSSR count). The molecule has 0 aliphatic rings. The number of halogens is 1. The molecule has 0 aromatic heterocycles. The molecule has 1 heteroatoms. The van der Waals surface area contributed by atoms with Gasteiger partial charge in [-0.2, -0.15) is 0 Å². The molecule has 0 fully saturated rings. The normalized spacial score (nSPS) is 13.1. The number of benzene rings is 1. The Morgan fingerprint density at radius 2 is 2.06 bits per heavy atom. The van der Waals surface area contributed by atoms with Crippen molar-refractivity contribution in [2.24, 2.45) is 5.92 Å². The summed E-state index contributed by atoms with van der Waals surface area (Å²) in [4.78, 5) is 0. The van der Waals surface area contributed by atoms with E-state index in [4.69, 9.17) is 0 Å². The zero-order valence-corrected chi connectivity index (χ0v) is 11.9.